The molecule has 2 unspecified atom stereocenters. The van der Waals surface area contributed by atoms with Crippen LogP contribution in [0, 0.1) is 35.5 Å². The van der Waals surface area contributed by atoms with E-state index in [1.54, 1.807) is 0 Å². The molecule has 2 fully saturated rings. The predicted octanol–water partition coefficient (Wildman–Crippen LogP) is 3.76. The van der Waals surface area contributed by atoms with Crippen molar-refractivity contribution >= 4 is 18.5 Å². The number of aldehydes is 1. The van der Waals surface area contributed by atoms with Gasteiger partial charge in [-0.05, 0) is 84.0 Å². The predicted molar refractivity (Wildman–Crippen MR) is 123 cm³/mol. The summed E-state index contributed by atoms with van der Waals surface area (Å²) in [4.78, 5) is 33.2. The van der Waals surface area contributed by atoms with Crippen LogP contribution in [0.3, 0.4) is 0 Å². The van der Waals surface area contributed by atoms with Crippen LogP contribution in [0.2, 0.25) is 0 Å². The first-order valence-corrected chi connectivity index (χ1v) is 11.7. The van der Waals surface area contributed by atoms with Crippen LogP contribution in [0.25, 0.3) is 0 Å². The second-order valence-electron chi connectivity index (χ2n) is 11.3. The molecule has 3 N–H and O–H groups in total. The summed E-state index contributed by atoms with van der Waals surface area (Å²) in [6.07, 6.45) is 2.30. The highest BCUT2D eigenvalue weighted by Crippen LogP contribution is 2.43. The molecule has 6 atom stereocenters. The molecule has 0 aromatic rings. The summed E-state index contributed by atoms with van der Waals surface area (Å²) in [6, 6.07) is 0. The number of aliphatic hydroxyl groups is 1. The summed E-state index contributed by atoms with van der Waals surface area (Å²) < 4.78 is 10.3. The molecular weight excluding hydrogens is 412 g/mol. The summed E-state index contributed by atoms with van der Waals surface area (Å²) in [6.45, 7) is 16.6. The van der Waals surface area contributed by atoms with Crippen LogP contribution < -0.4 is 10.6 Å². The molecule has 2 aliphatic rings. The molecule has 8 nitrogen and oxygen atoms in total. The van der Waals surface area contributed by atoms with Crippen molar-refractivity contribution in [3.8, 4) is 0 Å². The maximum absolute atomic E-state index is 11.4. The SMILES string of the molecule is CC(CNC(=O)OC(C)(C)C)[C@H]1C[C@@H]1C=O.CC(CNC(=O)OC(C)(C)C)[C@H]1C[C@@H]1CO. The zero-order valence-corrected chi connectivity index (χ0v) is 21.1. The van der Waals surface area contributed by atoms with Gasteiger partial charge in [0, 0.05) is 25.6 Å². The first kappa shape index (κ1) is 28.2. The van der Waals surface area contributed by atoms with Crippen LogP contribution in [-0.2, 0) is 14.3 Å². The lowest BCUT2D eigenvalue weighted by Crippen LogP contribution is -2.35. The lowest BCUT2D eigenvalue weighted by molar-refractivity contribution is -0.109. The van der Waals surface area contributed by atoms with Crippen molar-refractivity contribution in [2.24, 2.45) is 35.5 Å². The summed E-state index contributed by atoms with van der Waals surface area (Å²) in [5.74, 6) is 2.38. The van der Waals surface area contributed by atoms with E-state index in [4.69, 9.17) is 14.6 Å². The van der Waals surface area contributed by atoms with Gasteiger partial charge in [0.1, 0.15) is 17.5 Å². The normalized spacial score (nSPS) is 25.9. The first-order chi connectivity index (χ1) is 14.7. The van der Waals surface area contributed by atoms with Crippen molar-refractivity contribution in [2.75, 3.05) is 19.7 Å². The zero-order chi connectivity index (χ0) is 24.7. The smallest absolute Gasteiger partial charge is 0.407 e. The number of aliphatic hydroxyl groups excluding tert-OH is 1. The third-order valence-corrected chi connectivity index (χ3v) is 5.67. The Balaban J connectivity index is 0.000000320. The standard InChI is InChI=1S/C12H23NO3.C12H21NO3/c2*1-8(10-5-9(10)7-14)6-13-11(15)16-12(2,3)4/h8-10,14H,5-7H2,1-4H3,(H,13,15);7-10H,5-6H2,1-4H3,(H,13,15)/t2*8?,9-,10-/m11/s1. The van der Waals surface area contributed by atoms with E-state index in [2.05, 4.69) is 17.6 Å². The third kappa shape index (κ3) is 11.7. The second-order valence-corrected chi connectivity index (χ2v) is 11.3. The maximum Gasteiger partial charge on any atom is 0.407 e. The fraction of sp³-hybridized carbons (Fsp3) is 0.875. The highest BCUT2D eigenvalue weighted by atomic mass is 16.6. The van der Waals surface area contributed by atoms with Gasteiger partial charge in [0.05, 0.1) is 0 Å². The van der Waals surface area contributed by atoms with Gasteiger partial charge >= 0.3 is 12.2 Å². The Bertz CT molecular complexity index is 625. The zero-order valence-electron chi connectivity index (χ0n) is 21.1. The van der Waals surface area contributed by atoms with E-state index in [9.17, 15) is 14.4 Å². The minimum Gasteiger partial charge on any atom is -0.444 e. The van der Waals surface area contributed by atoms with Crippen molar-refractivity contribution in [3.05, 3.63) is 0 Å². The molecule has 2 aliphatic carbocycles. The molecule has 186 valence electrons. The van der Waals surface area contributed by atoms with Crippen LogP contribution >= 0.6 is 0 Å². The number of carbonyl (C=O) groups is 3. The minimum absolute atomic E-state index is 0.204. The molecule has 0 aromatic carbocycles. The minimum atomic E-state index is -0.460. The molecule has 0 spiro atoms. The average Bonchev–Trinajstić information content (AvgIpc) is 3.55. The number of ether oxygens (including phenoxy) is 2. The fourth-order valence-corrected chi connectivity index (χ4v) is 3.64. The molecule has 2 rings (SSSR count). The molecule has 8 heteroatoms. The maximum atomic E-state index is 11.4. The molecule has 0 bridgehead atoms. The second kappa shape index (κ2) is 11.9. The van der Waals surface area contributed by atoms with Crippen molar-refractivity contribution in [1.82, 2.24) is 10.6 Å². The van der Waals surface area contributed by atoms with E-state index in [0.717, 1.165) is 19.1 Å². The van der Waals surface area contributed by atoms with Crippen LogP contribution in [0.1, 0.15) is 68.2 Å². The van der Waals surface area contributed by atoms with Gasteiger partial charge in [-0.3, -0.25) is 0 Å². The quantitative estimate of drug-likeness (QED) is 0.479. The van der Waals surface area contributed by atoms with Crippen LogP contribution in [0.15, 0.2) is 0 Å². The Hall–Kier alpha value is -1.83. The van der Waals surface area contributed by atoms with Crippen molar-refractivity contribution in [1.29, 1.82) is 0 Å². The summed E-state index contributed by atoms with van der Waals surface area (Å²) in [7, 11) is 0. The molecule has 0 aliphatic heterocycles. The Morgan fingerprint density at radius 2 is 1.34 bits per heavy atom. The number of rotatable bonds is 8. The lowest BCUT2D eigenvalue weighted by Gasteiger charge is -2.20. The van der Waals surface area contributed by atoms with Crippen molar-refractivity contribution < 1.29 is 29.0 Å². The average molecular weight is 457 g/mol. The van der Waals surface area contributed by atoms with E-state index in [-0.39, 0.29) is 24.7 Å². The topological polar surface area (TPSA) is 114 Å². The number of hydrogen-bond donors (Lipinski definition) is 3. The van der Waals surface area contributed by atoms with E-state index < -0.39 is 11.2 Å². The number of alkyl carbamates (subject to hydrolysis) is 2. The van der Waals surface area contributed by atoms with Crippen molar-refractivity contribution in [3.63, 3.8) is 0 Å². The summed E-state index contributed by atoms with van der Waals surface area (Å²) >= 11 is 0. The highest BCUT2D eigenvalue weighted by molar-refractivity contribution is 5.68. The molecule has 32 heavy (non-hydrogen) atoms. The molecular formula is C24H44N2O6. The van der Waals surface area contributed by atoms with Gasteiger partial charge in [-0.25, -0.2) is 9.59 Å². The van der Waals surface area contributed by atoms with Gasteiger partial charge in [-0.15, -0.1) is 0 Å². The van der Waals surface area contributed by atoms with E-state index >= 15 is 0 Å². The van der Waals surface area contributed by atoms with Gasteiger partial charge in [0.25, 0.3) is 0 Å². The number of nitrogens with one attached hydrogen (secondary N) is 2. The number of hydrogen-bond acceptors (Lipinski definition) is 6. The van der Waals surface area contributed by atoms with Crippen LogP contribution in [0.5, 0.6) is 0 Å². The summed E-state index contributed by atoms with van der Waals surface area (Å²) in [5, 5.41) is 14.4. The highest BCUT2D eigenvalue weighted by Gasteiger charge is 2.41. The lowest BCUT2D eigenvalue weighted by atomic mass is 10.1. The number of amides is 2. The monoisotopic (exact) mass is 456 g/mol. The van der Waals surface area contributed by atoms with Gasteiger partial charge < -0.3 is 30.0 Å². The summed E-state index contributed by atoms with van der Waals surface area (Å²) in [5.41, 5.74) is -0.904. The Kier molecular flexibility index (Phi) is 10.5. The first-order valence-electron chi connectivity index (χ1n) is 11.7. The van der Waals surface area contributed by atoms with Crippen LogP contribution in [-0.4, -0.2) is 54.5 Å². The molecule has 2 saturated carbocycles. The van der Waals surface area contributed by atoms with E-state index in [0.29, 0.717) is 42.7 Å². The molecule has 0 saturated heterocycles. The molecule has 0 heterocycles. The van der Waals surface area contributed by atoms with Gasteiger partial charge in [-0.2, -0.15) is 0 Å². The van der Waals surface area contributed by atoms with Crippen LogP contribution in [0.4, 0.5) is 9.59 Å². The molecule has 0 radical (unpaired) electrons. The van der Waals surface area contributed by atoms with E-state index in [1.165, 1.54) is 0 Å². The van der Waals surface area contributed by atoms with E-state index in [1.807, 2.05) is 48.5 Å². The third-order valence-electron chi connectivity index (χ3n) is 5.67. The molecule has 2 amide bonds. The van der Waals surface area contributed by atoms with Gasteiger partial charge in [0.15, 0.2) is 0 Å². The Labute approximate surface area is 193 Å². The Morgan fingerprint density at radius 1 is 0.906 bits per heavy atom. The fourth-order valence-electron chi connectivity index (χ4n) is 3.64. The van der Waals surface area contributed by atoms with Crippen molar-refractivity contribution in [2.45, 2.75) is 79.4 Å². The van der Waals surface area contributed by atoms with Gasteiger partial charge in [0.2, 0.25) is 0 Å². The van der Waals surface area contributed by atoms with Gasteiger partial charge in [-0.1, -0.05) is 13.8 Å². The molecule has 0 aromatic heterocycles. The Morgan fingerprint density at radius 3 is 1.66 bits per heavy atom. The largest absolute Gasteiger partial charge is 0.444 e. The number of carbonyl (C=O) groups excluding carboxylic acids is 3.